The third kappa shape index (κ3) is 6.22. The highest BCUT2D eigenvalue weighted by Gasteiger charge is 2.25. The van der Waals surface area contributed by atoms with Crippen molar-refractivity contribution in [3.63, 3.8) is 0 Å². The topological polar surface area (TPSA) is 92.6 Å². The molecule has 38 heavy (non-hydrogen) atoms. The number of carbonyl (C=O) groups is 1. The van der Waals surface area contributed by atoms with Crippen LogP contribution >= 0.6 is 0 Å². The highest BCUT2D eigenvalue weighted by molar-refractivity contribution is 5.89. The van der Waals surface area contributed by atoms with Crippen molar-refractivity contribution in [3.8, 4) is 0 Å². The second-order valence-corrected chi connectivity index (χ2v) is 11.4. The number of hydrogen-bond acceptors (Lipinski definition) is 5. The number of aromatic nitrogens is 1. The molecule has 1 amide bonds. The van der Waals surface area contributed by atoms with E-state index in [1.165, 1.54) is 18.9 Å². The summed E-state index contributed by atoms with van der Waals surface area (Å²) in [6, 6.07) is 3.30. The van der Waals surface area contributed by atoms with Gasteiger partial charge in [0.05, 0.1) is 11.1 Å². The van der Waals surface area contributed by atoms with Crippen molar-refractivity contribution in [2.75, 3.05) is 5.32 Å². The Labute approximate surface area is 223 Å². The van der Waals surface area contributed by atoms with Crippen molar-refractivity contribution in [1.82, 2.24) is 9.88 Å². The lowest BCUT2D eigenvalue weighted by Crippen LogP contribution is -2.44. The summed E-state index contributed by atoms with van der Waals surface area (Å²) in [7, 11) is 0. The molecule has 5 rings (SSSR count). The molecule has 1 aromatic carbocycles. The number of nitrogens with one attached hydrogen (secondary N) is 2. The van der Waals surface area contributed by atoms with Crippen LogP contribution in [0.3, 0.4) is 0 Å². The van der Waals surface area contributed by atoms with Gasteiger partial charge in [-0.15, -0.1) is 4.91 Å². The number of rotatable bonds is 9. The molecular formula is C30H39FN4O3. The molecule has 0 aliphatic heterocycles. The van der Waals surface area contributed by atoms with E-state index in [1.807, 2.05) is 12.3 Å². The maximum Gasteiger partial charge on any atom is 0.287 e. The van der Waals surface area contributed by atoms with Crippen molar-refractivity contribution in [1.29, 1.82) is 0 Å². The van der Waals surface area contributed by atoms with Gasteiger partial charge >= 0.3 is 0 Å². The smallest absolute Gasteiger partial charge is 0.287 e. The molecule has 0 spiro atoms. The average molecular weight is 523 g/mol. The van der Waals surface area contributed by atoms with Gasteiger partial charge in [0.1, 0.15) is 5.82 Å². The Hall–Kier alpha value is -2.87. The number of anilines is 1. The predicted molar refractivity (Wildman–Crippen MR) is 149 cm³/mol. The summed E-state index contributed by atoms with van der Waals surface area (Å²) in [4.78, 5) is 36.6. The molecule has 2 N–H and O–H groups in total. The Morgan fingerprint density at radius 2 is 1.71 bits per heavy atom. The number of allylic oxidation sites excluding steroid dienone is 2. The number of halogens is 1. The van der Waals surface area contributed by atoms with Crippen LogP contribution in [0.5, 0.6) is 0 Å². The summed E-state index contributed by atoms with van der Waals surface area (Å²) in [6.45, 7) is 0.222. The van der Waals surface area contributed by atoms with Gasteiger partial charge in [0, 0.05) is 48.4 Å². The molecule has 2 fully saturated rings. The van der Waals surface area contributed by atoms with E-state index in [0.29, 0.717) is 11.1 Å². The summed E-state index contributed by atoms with van der Waals surface area (Å²) < 4.78 is 17.0. The fraction of sp³-hybridized carbons (Fsp3) is 0.600. The first-order valence-electron chi connectivity index (χ1n) is 14.4. The Kier molecular flexibility index (Phi) is 8.67. The van der Waals surface area contributed by atoms with Crippen molar-refractivity contribution >= 4 is 22.4 Å². The molecule has 2 unspecified atom stereocenters. The lowest BCUT2D eigenvalue weighted by Gasteiger charge is -2.29. The second-order valence-electron chi connectivity index (χ2n) is 11.4. The summed E-state index contributed by atoms with van der Waals surface area (Å²) in [5, 5.41) is 10.7. The molecule has 0 saturated heterocycles. The minimum absolute atomic E-state index is 0.0677. The lowest BCUT2D eigenvalue weighted by atomic mass is 9.93. The zero-order valence-electron chi connectivity index (χ0n) is 22.1. The standard InChI is InChI=1S/C30H39FN4O3/c31-27-16-25-24(17-28(27)33-22-13-5-2-6-14-22)26(20-9-7-8-10-20)19-35(30(25)37)18-23(15-29(36)34-38)32-21-11-3-1-4-12-21/h7,9,16-17,19-23,32-33H,1-6,8,10-15,18H2. The van der Waals surface area contributed by atoms with Gasteiger partial charge in [0.2, 0.25) is 0 Å². The third-order valence-corrected chi connectivity index (χ3v) is 8.60. The van der Waals surface area contributed by atoms with Gasteiger partial charge < -0.3 is 15.2 Å². The first kappa shape index (κ1) is 26.7. The highest BCUT2D eigenvalue weighted by atomic mass is 19.1. The zero-order valence-corrected chi connectivity index (χ0v) is 22.1. The Morgan fingerprint density at radius 3 is 2.37 bits per heavy atom. The van der Waals surface area contributed by atoms with Crippen LogP contribution in [0.2, 0.25) is 0 Å². The van der Waals surface area contributed by atoms with Crippen molar-refractivity contribution in [2.45, 2.75) is 114 Å². The number of fused-ring (bicyclic) bond motifs is 1. The molecule has 0 bridgehead atoms. The first-order valence-corrected chi connectivity index (χ1v) is 14.4. The molecule has 2 atom stereocenters. The van der Waals surface area contributed by atoms with E-state index in [1.54, 1.807) is 4.57 Å². The van der Waals surface area contributed by atoms with Gasteiger partial charge in [-0.25, -0.2) is 4.39 Å². The highest BCUT2D eigenvalue weighted by Crippen LogP contribution is 2.35. The van der Waals surface area contributed by atoms with Gasteiger partial charge in [-0.05, 0) is 61.6 Å². The maximum atomic E-state index is 15.4. The Bertz CT molecular complexity index is 1240. The van der Waals surface area contributed by atoms with Gasteiger partial charge in [-0.3, -0.25) is 9.59 Å². The minimum atomic E-state index is -0.726. The summed E-state index contributed by atoms with van der Waals surface area (Å²) in [5.41, 5.74) is 1.18. The number of nitroso groups, excluding NO2 is 1. The molecule has 1 aromatic heterocycles. The number of nitrogens with zero attached hydrogens (tertiary/aromatic N) is 2. The molecule has 3 aliphatic rings. The van der Waals surface area contributed by atoms with Crippen LogP contribution in [0.4, 0.5) is 10.1 Å². The van der Waals surface area contributed by atoms with E-state index in [-0.39, 0.29) is 36.5 Å². The number of amides is 1. The van der Waals surface area contributed by atoms with Crippen molar-refractivity contribution in [2.24, 2.45) is 5.18 Å². The molecule has 2 aromatic rings. The molecular weight excluding hydrogens is 483 g/mol. The Morgan fingerprint density at radius 1 is 1.00 bits per heavy atom. The van der Waals surface area contributed by atoms with E-state index >= 15 is 4.39 Å². The summed E-state index contributed by atoms with van der Waals surface area (Å²) in [6.07, 6.45) is 19.1. The Balaban J connectivity index is 1.51. The molecule has 3 aliphatic carbocycles. The van der Waals surface area contributed by atoms with Crippen LogP contribution < -0.4 is 16.2 Å². The third-order valence-electron chi connectivity index (χ3n) is 8.60. The molecule has 0 radical (unpaired) electrons. The first-order chi connectivity index (χ1) is 18.5. The van der Waals surface area contributed by atoms with E-state index in [9.17, 15) is 14.5 Å². The zero-order chi connectivity index (χ0) is 26.5. The van der Waals surface area contributed by atoms with Crippen LogP contribution in [0.1, 0.15) is 95.0 Å². The van der Waals surface area contributed by atoms with Gasteiger partial charge in [0.15, 0.2) is 0 Å². The van der Waals surface area contributed by atoms with Crippen LogP contribution in [0.15, 0.2) is 40.5 Å². The van der Waals surface area contributed by atoms with Crippen molar-refractivity contribution < 1.29 is 9.18 Å². The number of carbonyl (C=O) groups excluding carboxylic acids is 1. The fourth-order valence-electron chi connectivity index (χ4n) is 6.60. The van der Waals surface area contributed by atoms with Crippen LogP contribution in [-0.2, 0) is 11.3 Å². The maximum absolute atomic E-state index is 15.4. The second kappa shape index (κ2) is 12.3. The molecule has 2 saturated carbocycles. The van der Waals surface area contributed by atoms with Crippen LogP contribution in [0.25, 0.3) is 10.8 Å². The molecule has 204 valence electrons. The normalized spacial score (nSPS) is 21.6. The largest absolute Gasteiger partial charge is 0.380 e. The SMILES string of the molecule is O=NC(=O)CC(Cn1cc(C2C=CCC2)c2cc(NC3CCCCC3)c(F)cc2c1=O)NC1CCCCC1. The van der Waals surface area contributed by atoms with Crippen LogP contribution in [-0.4, -0.2) is 28.6 Å². The van der Waals surface area contributed by atoms with Crippen LogP contribution in [0, 0.1) is 10.7 Å². The molecule has 7 nitrogen and oxygen atoms in total. The van der Waals surface area contributed by atoms with E-state index in [4.69, 9.17) is 0 Å². The fourth-order valence-corrected chi connectivity index (χ4v) is 6.60. The summed E-state index contributed by atoms with van der Waals surface area (Å²) >= 11 is 0. The molecule has 1 heterocycles. The number of pyridine rings is 1. The minimum Gasteiger partial charge on any atom is -0.380 e. The number of hydrogen-bond donors (Lipinski definition) is 2. The van der Waals surface area contributed by atoms with Gasteiger partial charge in [0.25, 0.3) is 11.5 Å². The monoisotopic (exact) mass is 522 g/mol. The van der Waals surface area contributed by atoms with E-state index < -0.39 is 17.8 Å². The average Bonchev–Trinajstić information content (AvgIpc) is 3.47. The quantitative estimate of drug-likeness (QED) is 0.298. The lowest BCUT2D eigenvalue weighted by molar-refractivity contribution is -0.118. The van der Waals surface area contributed by atoms with Gasteiger partial charge in [-0.1, -0.05) is 50.7 Å². The van der Waals surface area contributed by atoms with E-state index in [2.05, 4.69) is 28.0 Å². The summed E-state index contributed by atoms with van der Waals surface area (Å²) in [5.74, 6) is -1.00. The molecule has 8 heteroatoms. The predicted octanol–water partition coefficient (Wildman–Crippen LogP) is 6.29. The van der Waals surface area contributed by atoms with Gasteiger partial charge in [-0.2, -0.15) is 0 Å². The van der Waals surface area contributed by atoms with Crippen molar-refractivity contribution in [3.05, 3.63) is 57.1 Å². The number of benzene rings is 1. The van der Waals surface area contributed by atoms with E-state index in [0.717, 1.165) is 75.2 Å².